The van der Waals surface area contributed by atoms with Crippen molar-refractivity contribution in [3.8, 4) is 0 Å². The average molecular weight is 281 g/mol. The lowest BCUT2D eigenvalue weighted by Crippen LogP contribution is -1.70. The van der Waals surface area contributed by atoms with Crippen molar-refractivity contribution in [2.24, 2.45) is 0 Å². The van der Waals surface area contributed by atoms with Crippen LogP contribution in [0.15, 0.2) is 40.9 Å². The van der Waals surface area contributed by atoms with Crippen molar-refractivity contribution >= 4 is 49.3 Å². The number of hydrogen-bond donors (Lipinski definition) is 1. The van der Waals surface area contributed by atoms with Gasteiger partial charge in [-0.25, -0.2) is 0 Å². The van der Waals surface area contributed by atoms with Crippen molar-refractivity contribution in [2.45, 2.75) is 0 Å². The number of H-pyrrole nitrogens is 1. The first-order chi connectivity index (χ1) is 7.25. The molecule has 1 N–H and O–H groups in total. The fraction of sp³-hybridized carbons (Fsp3) is 0. The Morgan fingerprint density at radius 2 is 1.80 bits per heavy atom. The quantitative estimate of drug-likeness (QED) is 0.612. The van der Waals surface area contributed by atoms with Gasteiger partial charge in [0, 0.05) is 26.3 Å². The predicted molar refractivity (Wildman–Crippen MR) is 68.5 cm³/mol. The molecule has 1 heterocycles. The number of rotatable bonds is 0. The molecule has 74 valence electrons. The number of nitrogens with one attached hydrogen (secondary N) is 1. The Morgan fingerprint density at radius 1 is 1.00 bits per heavy atom. The third-order valence-electron chi connectivity index (χ3n) is 2.55. The first kappa shape index (κ1) is 9.25. The van der Waals surface area contributed by atoms with Crippen molar-refractivity contribution < 1.29 is 0 Å². The summed E-state index contributed by atoms with van der Waals surface area (Å²) in [7, 11) is 0. The molecular weight excluding hydrogens is 273 g/mol. The number of benzene rings is 2. The van der Waals surface area contributed by atoms with E-state index in [0.29, 0.717) is 0 Å². The zero-order chi connectivity index (χ0) is 10.4. The van der Waals surface area contributed by atoms with Gasteiger partial charge in [0.1, 0.15) is 0 Å². The minimum Gasteiger partial charge on any atom is -0.354 e. The molecule has 0 saturated carbocycles. The van der Waals surface area contributed by atoms with Gasteiger partial charge in [-0.3, -0.25) is 0 Å². The van der Waals surface area contributed by atoms with E-state index in [0.717, 1.165) is 20.5 Å². The van der Waals surface area contributed by atoms with Crippen LogP contribution in [0.1, 0.15) is 0 Å². The fourth-order valence-electron chi connectivity index (χ4n) is 1.85. The standard InChI is InChI=1S/C12H7BrClN/c13-9-5-8-7-3-1-2-4-11(7)15-12(8)6-10(9)14/h1-6,15H. The van der Waals surface area contributed by atoms with E-state index < -0.39 is 0 Å². The van der Waals surface area contributed by atoms with E-state index in [2.05, 4.69) is 39.1 Å². The summed E-state index contributed by atoms with van der Waals surface area (Å²) in [5.41, 5.74) is 2.21. The topological polar surface area (TPSA) is 15.8 Å². The Balaban J connectivity index is 2.56. The molecule has 3 heteroatoms. The second-order valence-electron chi connectivity index (χ2n) is 3.48. The SMILES string of the molecule is Clc1cc2[nH]c3ccccc3c2cc1Br. The Labute approximate surface area is 100 Å². The highest BCUT2D eigenvalue weighted by Crippen LogP contribution is 2.32. The molecule has 2 aromatic carbocycles. The summed E-state index contributed by atoms with van der Waals surface area (Å²) >= 11 is 9.49. The molecule has 0 atom stereocenters. The Bertz CT molecular complexity index is 657. The number of halogens is 2. The first-order valence-electron chi connectivity index (χ1n) is 4.61. The molecule has 0 saturated heterocycles. The number of fused-ring (bicyclic) bond motifs is 3. The van der Waals surface area contributed by atoms with Crippen LogP contribution in [0.25, 0.3) is 21.8 Å². The molecule has 0 aliphatic heterocycles. The van der Waals surface area contributed by atoms with Gasteiger partial charge >= 0.3 is 0 Å². The van der Waals surface area contributed by atoms with Crippen LogP contribution in [0.2, 0.25) is 5.02 Å². The largest absolute Gasteiger partial charge is 0.354 e. The third-order valence-corrected chi connectivity index (χ3v) is 3.74. The van der Waals surface area contributed by atoms with Gasteiger partial charge in [-0.15, -0.1) is 0 Å². The fourth-order valence-corrected chi connectivity index (χ4v) is 2.35. The van der Waals surface area contributed by atoms with Gasteiger partial charge in [-0.1, -0.05) is 29.8 Å². The van der Waals surface area contributed by atoms with Gasteiger partial charge in [-0.2, -0.15) is 0 Å². The summed E-state index contributed by atoms with van der Waals surface area (Å²) in [5, 5.41) is 3.15. The maximum atomic E-state index is 6.05. The van der Waals surface area contributed by atoms with E-state index in [1.54, 1.807) is 0 Å². The maximum absolute atomic E-state index is 6.05. The smallest absolute Gasteiger partial charge is 0.0569 e. The Hall–Kier alpha value is -0.990. The van der Waals surface area contributed by atoms with E-state index in [-0.39, 0.29) is 0 Å². The molecule has 3 aromatic rings. The van der Waals surface area contributed by atoms with Crippen LogP contribution in [0.4, 0.5) is 0 Å². The van der Waals surface area contributed by atoms with Crippen molar-refractivity contribution in [3.05, 3.63) is 45.9 Å². The molecule has 3 rings (SSSR count). The van der Waals surface area contributed by atoms with Gasteiger partial charge in [-0.05, 0) is 34.1 Å². The van der Waals surface area contributed by atoms with Crippen LogP contribution >= 0.6 is 27.5 Å². The van der Waals surface area contributed by atoms with E-state index in [9.17, 15) is 0 Å². The van der Waals surface area contributed by atoms with Gasteiger partial charge in [0.05, 0.1) is 5.02 Å². The summed E-state index contributed by atoms with van der Waals surface area (Å²) in [5.74, 6) is 0. The van der Waals surface area contributed by atoms with E-state index in [4.69, 9.17) is 11.6 Å². The molecule has 0 bridgehead atoms. The zero-order valence-electron chi connectivity index (χ0n) is 7.72. The molecule has 0 fully saturated rings. The molecule has 1 aromatic heterocycles. The van der Waals surface area contributed by atoms with Crippen LogP contribution in [0.5, 0.6) is 0 Å². The van der Waals surface area contributed by atoms with Crippen molar-refractivity contribution in [3.63, 3.8) is 0 Å². The minimum absolute atomic E-state index is 0.731. The van der Waals surface area contributed by atoms with Crippen molar-refractivity contribution in [1.29, 1.82) is 0 Å². The van der Waals surface area contributed by atoms with Gasteiger partial charge in [0.15, 0.2) is 0 Å². The van der Waals surface area contributed by atoms with Crippen LogP contribution in [0.3, 0.4) is 0 Å². The molecule has 1 nitrogen and oxygen atoms in total. The lowest BCUT2D eigenvalue weighted by atomic mass is 10.1. The molecule has 0 spiro atoms. The normalized spacial score (nSPS) is 11.3. The molecule has 0 aliphatic carbocycles. The number of para-hydroxylation sites is 1. The Morgan fingerprint density at radius 3 is 2.67 bits per heavy atom. The molecule has 0 unspecified atom stereocenters. The molecule has 0 radical (unpaired) electrons. The summed E-state index contributed by atoms with van der Waals surface area (Å²) < 4.78 is 0.932. The lowest BCUT2D eigenvalue weighted by molar-refractivity contribution is 1.54. The van der Waals surface area contributed by atoms with Crippen LogP contribution in [-0.2, 0) is 0 Å². The summed E-state index contributed by atoms with van der Waals surface area (Å²) in [6.07, 6.45) is 0. The van der Waals surface area contributed by atoms with Crippen LogP contribution < -0.4 is 0 Å². The summed E-state index contributed by atoms with van der Waals surface area (Å²) in [6, 6.07) is 12.2. The monoisotopic (exact) mass is 279 g/mol. The van der Waals surface area contributed by atoms with Gasteiger partial charge in [0.2, 0.25) is 0 Å². The number of aromatic amines is 1. The minimum atomic E-state index is 0.731. The van der Waals surface area contributed by atoms with Crippen molar-refractivity contribution in [2.75, 3.05) is 0 Å². The maximum Gasteiger partial charge on any atom is 0.0569 e. The highest BCUT2D eigenvalue weighted by atomic mass is 79.9. The highest BCUT2D eigenvalue weighted by molar-refractivity contribution is 9.10. The summed E-state index contributed by atoms with van der Waals surface area (Å²) in [6.45, 7) is 0. The highest BCUT2D eigenvalue weighted by Gasteiger charge is 2.06. The molecule has 15 heavy (non-hydrogen) atoms. The average Bonchev–Trinajstić information content (AvgIpc) is 2.57. The second-order valence-corrected chi connectivity index (χ2v) is 4.74. The molecule has 0 aliphatic rings. The number of aromatic nitrogens is 1. The zero-order valence-corrected chi connectivity index (χ0v) is 10.1. The third kappa shape index (κ3) is 1.36. The predicted octanol–water partition coefficient (Wildman–Crippen LogP) is 4.74. The van der Waals surface area contributed by atoms with E-state index in [1.807, 2.05) is 18.2 Å². The Kier molecular flexibility index (Phi) is 2.01. The van der Waals surface area contributed by atoms with Crippen LogP contribution in [-0.4, -0.2) is 4.98 Å². The lowest BCUT2D eigenvalue weighted by Gasteiger charge is -1.95. The van der Waals surface area contributed by atoms with Gasteiger partial charge in [0.25, 0.3) is 0 Å². The summed E-state index contributed by atoms with van der Waals surface area (Å²) in [4.78, 5) is 3.34. The molecule has 0 amide bonds. The molecular formula is C12H7BrClN. The second kappa shape index (κ2) is 3.26. The number of hydrogen-bond acceptors (Lipinski definition) is 0. The first-order valence-corrected chi connectivity index (χ1v) is 5.78. The van der Waals surface area contributed by atoms with Crippen LogP contribution in [0, 0.1) is 0 Å². The van der Waals surface area contributed by atoms with Crippen molar-refractivity contribution in [1.82, 2.24) is 4.98 Å². The van der Waals surface area contributed by atoms with E-state index >= 15 is 0 Å². The van der Waals surface area contributed by atoms with E-state index in [1.165, 1.54) is 10.8 Å². The van der Waals surface area contributed by atoms with Gasteiger partial charge < -0.3 is 4.98 Å².